The molecule has 1 aliphatic rings. The third-order valence-corrected chi connectivity index (χ3v) is 2.98. The molecule has 0 radical (unpaired) electrons. The zero-order chi connectivity index (χ0) is 11.0. The van der Waals surface area contributed by atoms with Crippen LogP contribution in [0.4, 0.5) is 5.69 Å². The summed E-state index contributed by atoms with van der Waals surface area (Å²) in [5.41, 5.74) is 1.76. The number of nitrogens with zero attached hydrogens (tertiary/aromatic N) is 1. The van der Waals surface area contributed by atoms with Crippen molar-refractivity contribution < 1.29 is 9.90 Å². The van der Waals surface area contributed by atoms with Gasteiger partial charge in [-0.05, 0) is 31.9 Å². The molecule has 3 heteroatoms. The molecule has 3 nitrogen and oxygen atoms in total. The Morgan fingerprint density at radius 1 is 1.53 bits per heavy atom. The minimum absolute atomic E-state index is 0.0362. The van der Waals surface area contributed by atoms with Crippen LogP contribution in [0.15, 0.2) is 18.2 Å². The highest BCUT2D eigenvalue weighted by Crippen LogP contribution is 2.35. The number of hydrogen-bond donors (Lipinski definition) is 1. The molecule has 0 saturated heterocycles. The quantitative estimate of drug-likeness (QED) is 0.704. The molecule has 0 aliphatic carbocycles. The molecule has 1 atom stereocenters. The maximum absolute atomic E-state index is 11.5. The summed E-state index contributed by atoms with van der Waals surface area (Å²) >= 11 is 0. The summed E-state index contributed by atoms with van der Waals surface area (Å²) in [5.74, 6) is 0.333. The van der Waals surface area contributed by atoms with E-state index in [2.05, 4.69) is 0 Å². The summed E-state index contributed by atoms with van der Waals surface area (Å²) in [4.78, 5) is 13.3. The zero-order valence-corrected chi connectivity index (χ0v) is 9.03. The highest BCUT2D eigenvalue weighted by atomic mass is 16.3. The minimum Gasteiger partial charge on any atom is -0.508 e. The number of rotatable bonds is 0. The Morgan fingerprint density at radius 3 is 2.93 bits per heavy atom. The molecule has 2 rings (SSSR count). The van der Waals surface area contributed by atoms with Gasteiger partial charge in [0.05, 0.1) is 5.69 Å². The second-order valence-corrected chi connectivity index (χ2v) is 4.05. The standard InChI is InChI=1S/C12H15NO2/c1-8-6-7-10-11(13(8)9(2)14)4-3-5-12(10)15/h3-5,8,15H,6-7H2,1-2H3. The molecule has 1 aliphatic heterocycles. The first-order chi connectivity index (χ1) is 7.11. The van der Waals surface area contributed by atoms with E-state index in [1.54, 1.807) is 24.0 Å². The van der Waals surface area contributed by atoms with Gasteiger partial charge in [-0.25, -0.2) is 0 Å². The number of carbonyl (C=O) groups is 1. The number of phenolic OH excluding ortho intramolecular Hbond substituents is 1. The Balaban J connectivity index is 2.53. The van der Waals surface area contributed by atoms with Crippen molar-refractivity contribution in [2.24, 2.45) is 0 Å². The summed E-state index contributed by atoms with van der Waals surface area (Å²) in [5, 5.41) is 9.70. The third-order valence-electron chi connectivity index (χ3n) is 2.98. The lowest BCUT2D eigenvalue weighted by Crippen LogP contribution is -2.40. The first kappa shape index (κ1) is 10.0. The first-order valence-corrected chi connectivity index (χ1v) is 5.22. The number of phenols is 1. The van der Waals surface area contributed by atoms with Gasteiger partial charge in [0.25, 0.3) is 0 Å². The maximum atomic E-state index is 11.5. The minimum atomic E-state index is 0.0362. The van der Waals surface area contributed by atoms with E-state index in [0.717, 1.165) is 24.1 Å². The number of carbonyl (C=O) groups excluding carboxylic acids is 1. The largest absolute Gasteiger partial charge is 0.508 e. The molecule has 1 N–H and O–H groups in total. The molecule has 0 fully saturated rings. The van der Waals surface area contributed by atoms with Gasteiger partial charge in [0.1, 0.15) is 5.75 Å². The Bertz CT molecular complexity index is 401. The van der Waals surface area contributed by atoms with Crippen LogP contribution in [0.1, 0.15) is 25.8 Å². The number of anilines is 1. The average Bonchev–Trinajstić information content (AvgIpc) is 2.17. The lowest BCUT2D eigenvalue weighted by atomic mass is 9.96. The van der Waals surface area contributed by atoms with Crippen LogP contribution >= 0.6 is 0 Å². The molecule has 1 heterocycles. The van der Waals surface area contributed by atoms with E-state index < -0.39 is 0 Å². The topological polar surface area (TPSA) is 40.5 Å². The highest BCUT2D eigenvalue weighted by molar-refractivity contribution is 5.93. The Labute approximate surface area is 89.3 Å². The molecule has 1 aromatic carbocycles. The van der Waals surface area contributed by atoms with Gasteiger partial charge >= 0.3 is 0 Å². The molecular formula is C12H15NO2. The smallest absolute Gasteiger partial charge is 0.224 e. The van der Waals surface area contributed by atoms with Gasteiger partial charge in [-0.1, -0.05) is 6.07 Å². The summed E-state index contributed by atoms with van der Waals surface area (Å²) < 4.78 is 0. The van der Waals surface area contributed by atoms with Crippen LogP contribution in [0.2, 0.25) is 0 Å². The molecule has 80 valence electrons. The Hall–Kier alpha value is -1.51. The molecule has 1 aromatic rings. The van der Waals surface area contributed by atoms with Crippen molar-refractivity contribution in [3.63, 3.8) is 0 Å². The van der Waals surface area contributed by atoms with Crippen LogP contribution in [0.3, 0.4) is 0 Å². The molecule has 0 saturated carbocycles. The fourth-order valence-corrected chi connectivity index (χ4v) is 2.24. The predicted octanol–water partition coefficient (Wildman–Crippen LogP) is 2.08. The van der Waals surface area contributed by atoms with Crippen LogP contribution in [0.25, 0.3) is 0 Å². The molecule has 0 aromatic heterocycles. The molecule has 0 bridgehead atoms. The number of amides is 1. The number of aromatic hydroxyl groups is 1. The van der Waals surface area contributed by atoms with Crippen molar-refractivity contribution in [1.29, 1.82) is 0 Å². The van der Waals surface area contributed by atoms with Crippen molar-refractivity contribution in [2.45, 2.75) is 32.7 Å². The van der Waals surface area contributed by atoms with Gasteiger partial charge in [-0.2, -0.15) is 0 Å². The van der Waals surface area contributed by atoms with Crippen LogP contribution in [0.5, 0.6) is 5.75 Å². The molecule has 0 spiro atoms. The molecule has 1 amide bonds. The second-order valence-electron chi connectivity index (χ2n) is 4.05. The van der Waals surface area contributed by atoms with Crippen molar-refractivity contribution >= 4 is 11.6 Å². The van der Waals surface area contributed by atoms with Crippen molar-refractivity contribution in [3.8, 4) is 5.75 Å². The average molecular weight is 205 g/mol. The summed E-state index contributed by atoms with van der Waals surface area (Å²) in [7, 11) is 0. The van der Waals surface area contributed by atoms with Crippen LogP contribution < -0.4 is 4.90 Å². The van der Waals surface area contributed by atoms with Crippen molar-refractivity contribution in [2.75, 3.05) is 4.90 Å². The van der Waals surface area contributed by atoms with Gasteiger partial charge < -0.3 is 10.0 Å². The van der Waals surface area contributed by atoms with Gasteiger partial charge in [-0.15, -0.1) is 0 Å². The molecule has 15 heavy (non-hydrogen) atoms. The van der Waals surface area contributed by atoms with E-state index in [9.17, 15) is 9.90 Å². The van der Waals surface area contributed by atoms with Gasteiger partial charge in [-0.3, -0.25) is 4.79 Å². The van der Waals surface area contributed by atoms with Crippen LogP contribution in [-0.2, 0) is 11.2 Å². The number of benzene rings is 1. The zero-order valence-electron chi connectivity index (χ0n) is 9.03. The summed E-state index contributed by atoms with van der Waals surface area (Å²) in [6.07, 6.45) is 1.75. The monoisotopic (exact) mass is 205 g/mol. The predicted molar refractivity (Wildman–Crippen MR) is 59.0 cm³/mol. The fraction of sp³-hybridized carbons (Fsp3) is 0.417. The van der Waals surface area contributed by atoms with Crippen LogP contribution in [-0.4, -0.2) is 17.1 Å². The van der Waals surface area contributed by atoms with E-state index in [1.807, 2.05) is 13.0 Å². The molecule has 1 unspecified atom stereocenters. The van der Waals surface area contributed by atoms with Gasteiger partial charge in [0.15, 0.2) is 0 Å². The normalized spacial score (nSPS) is 19.9. The van der Waals surface area contributed by atoms with Gasteiger partial charge in [0.2, 0.25) is 5.91 Å². The molecular weight excluding hydrogens is 190 g/mol. The lowest BCUT2D eigenvalue weighted by molar-refractivity contribution is -0.117. The van der Waals surface area contributed by atoms with E-state index in [0.29, 0.717) is 5.75 Å². The fourth-order valence-electron chi connectivity index (χ4n) is 2.24. The van der Waals surface area contributed by atoms with E-state index in [4.69, 9.17) is 0 Å². The maximum Gasteiger partial charge on any atom is 0.224 e. The van der Waals surface area contributed by atoms with Crippen molar-refractivity contribution in [1.82, 2.24) is 0 Å². The highest BCUT2D eigenvalue weighted by Gasteiger charge is 2.27. The number of hydrogen-bond acceptors (Lipinski definition) is 2. The number of fused-ring (bicyclic) bond motifs is 1. The summed E-state index contributed by atoms with van der Waals surface area (Å²) in [6, 6.07) is 5.57. The SMILES string of the molecule is CC(=O)N1c2cccc(O)c2CCC1C. The first-order valence-electron chi connectivity index (χ1n) is 5.22. The van der Waals surface area contributed by atoms with E-state index in [-0.39, 0.29) is 11.9 Å². The Kier molecular flexibility index (Phi) is 2.39. The Morgan fingerprint density at radius 2 is 2.27 bits per heavy atom. The lowest BCUT2D eigenvalue weighted by Gasteiger charge is -2.34. The van der Waals surface area contributed by atoms with Gasteiger partial charge in [0, 0.05) is 18.5 Å². The van der Waals surface area contributed by atoms with E-state index in [1.165, 1.54) is 0 Å². The van der Waals surface area contributed by atoms with Crippen LogP contribution in [0, 0.1) is 0 Å². The van der Waals surface area contributed by atoms with Crippen molar-refractivity contribution in [3.05, 3.63) is 23.8 Å². The third kappa shape index (κ3) is 1.58. The summed E-state index contributed by atoms with van der Waals surface area (Å²) in [6.45, 7) is 3.60. The van der Waals surface area contributed by atoms with E-state index >= 15 is 0 Å². The second kappa shape index (κ2) is 3.57.